The van der Waals surface area contributed by atoms with E-state index in [0.29, 0.717) is 0 Å². The fourth-order valence-corrected chi connectivity index (χ4v) is 2.64. The molecule has 0 radical (unpaired) electrons. The van der Waals surface area contributed by atoms with Gasteiger partial charge in [0.25, 0.3) is 0 Å². The molecule has 1 saturated heterocycles. The zero-order chi connectivity index (χ0) is 13.3. The van der Waals surface area contributed by atoms with Gasteiger partial charge in [0, 0.05) is 44.1 Å². The Bertz CT molecular complexity index is 520. The van der Waals surface area contributed by atoms with Crippen molar-refractivity contribution in [1.29, 1.82) is 0 Å². The van der Waals surface area contributed by atoms with Gasteiger partial charge in [0.05, 0.1) is 17.4 Å². The first-order valence-corrected chi connectivity index (χ1v) is 6.82. The Hall–Kier alpha value is -1.59. The molecular formula is C14H21N5. The highest BCUT2D eigenvalue weighted by atomic mass is 15.3. The van der Waals surface area contributed by atoms with Crippen molar-refractivity contribution in [2.24, 2.45) is 0 Å². The Labute approximate surface area is 113 Å². The van der Waals surface area contributed by atoms with Crippen LogP contribution in [-0.2, 0) is 5.54 Å². The highest BCUT2D eigenvalue weighted by Gasteiger charge is 2.32. The molecule has 0 saturated carbocycles. The van der Waals surface area contributed by atoms with Gasteiger partial charge >= 0.3 is 0 Å². The lowest BCUT2D eigenvalue weighted by molar-refractivity contribution is 0.0956. The molecule has 0 bridgehead atoms. The van der Waals surface area contributed by atoms with Crippen molar-refractivity contribution in [3.05, 3.63) is 30.5 Å². The highest BCUT2D eigenvalue weighted by Crippen LogP contribution is 2.27. The Kier molecular flexibility index (Phi) is 3.16. The lowest BCUT2D eigenvalue weighted by Crippen LogP contribution is -2.52. The molecule has 3 rings (SSSR count). The quantitative estimate of drug-likeness (QED) is 0.783. The monoisotopic (exact) mass is 259 g/mol. The summed E-state index contributed by atoms with van der Waals surface area (Å²) >= 11 is 0. The molecule has 0 atom stereocenters. The third-order valence-electron chi connectivity index (χ3n) is 3.97. The molecule has 3 N–H and O–H groups in total. The van der Waals surface area contributed by atoms with Crippen molar-refractivity contribution < 1.29 is 0 Å². The summed E-state index contributed by atoms with van der Waals surface area (Å²) in [6, 6.07) is 2.05. The van der Waals surface area contributed by atoms with E-state index >= 15 is 0 Å². The van der Waals surface area contributed by atoms with Crippen LogP contribution in [-0.4, -0.2) is 46.0 Å². The van der Waals surface area contributed by atoms with Crippen LogP contribution in [0.15, 0.2) is 24.7 Å². The molecule has 5 nitrogen and oxygen atoms in total. The molecule has 19 heavy (non-hydrogen) atoms. The van der Waals surface area contributed by atoms with Crippen LogP contribution in [0.3, 0.4) is 0 Å². The van der Waals surface area contributed by atoms with E-state index in [-0.39, 0.29) is 5.54 Å². The van der Waals surface area contributed by atoms with Crippen LogP contribution < -0.4 is 5.32 Å². The van der Waals surface area contributed by atoms with E-state index < -0.39 is 0 Å². The first-order chi connectivity index (χ1) is 9.18. The Morgan fingerprint density at radius 2 is 2.05 bits per heavy atom. The molecule has 3 heterocycles. The average molecular weight is 259 g/mol. The van der Waals surface area contributed by atoms with Crippen molar-refractivity contribution in [3.63, 3.8) is 0 Å². The van der Waals surface area contributed by atoms with Gasteiger partial charge in [-0.3, -0.25) is 4.90 Å². The lowest BCUT2D eigenvalue weighted by Gasteiger charge is -2.39. The van der Waals surface area contributed by atoms with E-state index in [9.17, 15) is 0 Å². The number of imidazole rings is 1. The van der Waals surface area contributed by atoms with Gasteiger partial charge in [-0.2, -0.15) is 0 Å². The van der Waals surface area contributed by atoms with E-state index in [1.807, 2.05) is 18.6 Å². The molecule has 1 fully saturated rings. The van der Waals surface area contributed by atoms with Gasteiger partial charge < -0.3 is 15.3 Å². The van der Waals surface area contributed by atoms with Crippen molar-refractivity contribution in [3.8, 4) is 11.3 Å². The summed E-state index contributed by atoms with van der Waals surface area (Å²) in [5.41, 5.74) is 2.16. The molecule has 1 aliphatic heterocycles. The highest BCUT2D eigenvalue weighted by molar-refractivity contribution is 5.57. The third kappa shape index (κ3) is 2.31. The molecule has 0 aromatic carbocycles. The van der Waals surface area contributed by atoms with E-state index in [1.54, 1.807) is 0 Å². The third-order valence-corrected chi connectivity index (χ3v) is 3.97. The first-order valence-electron chi connectivity index (χ1n) is 6.82. The number of aromatic amines is 2. The van der Waals surface area contributed by atoms with Crippen LogP contribution in [0.25, 0.3) is 11.3 Å². The van der Waals surface area contributed by atoms with Crippen molar-refractivity contribution in [1.82, 2.24) is 25.2 Å². The molecule has 0 aliphatic carbocycles. The van der Waals surface area contributed by atoms with Gasteiger partial charge in [-0.15, -0.1) is 0 Å². The van der Waals surface area contributed by atoms with Crippen LogP contribution in [0.4, 0.5) is 0 Å². The lowest BCUT2D eigenvalue weighted by atomic mass is 10.0. The molecule has 0 spiro atoms. The zero-order valence-electron chi connectivity index (χ0n) is 11.5. The van der Waals surface area contributed by atoms with E-state index in [0.717, 1.165) is 43.3 Å². The summed E-state index contributed by atoms with van der Waals surface area (Å²) in [6.45, 7) is 8.69. The Balaban J connectivity index is 1.84. The number of nitrogens with one attached hydrogen (secondary N) is 3. The van der Waals surface area contributed by atoms with E-state index in [1.165, 1.54) is 0 Å². The summed E-state index contributed by atoms with van der Waals surface area (Å²) < 4.78 is 0. The first kappa shape index (κ1) is 12.4. The molecular weight excluding hydrogens is 238 g/mol. The van der Waals surface area contributed by atoms with Crippen LogP contribution in [0, 0.1) is 0 Å². The van der Waals surface area contributed by atoms with E-state index in [2.05, 4.69) is 45.1 Å². The minimum Gasteiger partial charge on any atom is -0.367 e. The fraction of sp³-hybridized carbons (Fsp3) is 0.500. The maximum atomic E-state index is 4.59. The molecule has 102 valence electrons. The number of aromatic nitrogens is 3. The van der Waals surface area contributed by atoms with Gasteiger partial charge in [0.1, 0.15) is 5.82 Å². The largest absolute Gasteiger partial charge is 0.367 e. The number of nitrogens with zero attached hydrogens (tertiary/aromatic N) is 2. The molecule has 5 heteroatoms. The van der Waals surface area contributed by atoms with Crippen molar-refractivity contribution >= 4 is 0 Å². The standard InChI is InChI=1S/C14H21N5/c1-14(2,19-7-5-15-6-8-19)13-17-10-12(18-13)11-3-4-16-9-11/h3-4,9-10,15-16H,5-8H2,1-2H3,(H,17,18). The number of hydrogen-bond acceptors (Lipinski definition) is 3. The van der Waals surface area contributed by atoms with Gasteiger partial charge in [-0.05, 0) is 19.9 Å². The predicted molar refractivity (Wildman–Crippen MR) is 75.8 cm³/mol. The fourth-order valence-electron chi connectivity index (χ4n) is 2.64. The average Bonchev–Trinajstić information content (AvgIpc) is 3.10. The molecule has 0 unspecified atom stereocenters. The summed E-state index contributed by atoms with van der Waals surface area (Å²) in [6.07, 6.45) is 5.83. The molecule has 0 amide bonds. The van der Waals surface area contributed by atoms with Crippen LogP contribution in [0.2, 0.25) is 0 Å². The van der Waals surface area contributed by atoms with Gasteiger partial charge in [0.2, 0.25) is 0 Å². The SMILES string of the molecule is CC(C)(c1ncc(-c2cc[nH]c2)[nH]1)N1CCNCC1. The van der Waals surface area contributed by atoms with E-state index in [4.69, 9.17) is 0 Å². The topological polar surface area (TPSA) is 59.7 Å². The normalized spacial score (nSPS) is 17.8. The van der Waals surface area contributed by atoms with Crippen LogP contribution >= 0.6 is 0 Å². The zero-order valence-corrected chi connectivity index (χ0v) is 11.5. The second-order valence-electron chi connectivity index (χ2n) is 5.54. The summed E-state index contributed by atoms with van der Waals surface area (Å²) in [5.74, 6) is 1.03. The van der Waals surface area contributed by atoms with Crippen LogP contribution in [0.5, 0.6) is 0 Å². The summed E-state index contributed by atoms with van der Waals surface area (Å²) in [4.78, 5) is 13.6. The number of rotatable bonds is 3. The molecule has 1 aliphatic rings. The second kappa shape index (κ2) is 4.83. The summed E-state index contributed by atoms with van der Waals surface area (Å²) in [5, 5.41) is 3.39. The minimum absolute atomic E-state index is 0.0589. The second-order valence-corrected chi connectivity index (χ2v) is 5.54. The van der Waals surface area contributed by atoms with Crippen molar-refractivity contribution in [2.45, 2.75) is 19.4 Å². The Morgan fingerprint density at radius 1 is 1.26 bits per heavy atom. The van der Waals surface area contributed by atoms with Crippen molar-refractivity contribution in [2.75, 3.05) is 26.2 Å². The van der Waals surface area contributed by atoms with Gasteiger partial charge in [0.15, 0.2) is 0 Å². The maximum Gasteiger partial charge on any atom is 0.126 e. The maximum absolute atomic E-state index is 4.59. The Morgan fingerprint density at radius 3 is 2.74 bits per heavy atom. The smallest absolute Gasteiger partial charge is 0.126 e. The number of piperazine rings is 1. The predicted octanol–water partition coefficient (Wildman–Crippen LogP) is 1.55. The molecule has 2 aromatic heterocycles. The van der Waals surface area contributed by atoms with Gasteiger partial charge in [-0.25, -0.2) is 4.98 Å². The summed E-state index contributed by atoms with van der Waals surface area (Å²) in [7, 11) is 0. The molecule has 2 aromatic rings. The number of H-pyrrole nitrogens is 2. The minimum atomic E-state index is -0.0589. The van der Waals surface area contributed by atoms with Crippen LogP contribution in [0.1, 0.15) is 19.7 Å². The number of hydrogen-bond donors (Lipinski definition) is 3. The van der Waals surface area contributed by atoms with Gasteiger partial charge in [-0.1, -0.05) is 0 Å².